The summed E-state index contributed by atoms with van der Waals surface area (Å²) in [6.45, 7) is 0.841. The topological polar surface area (TPSA) is 196 Å². The molecule has 0 fully saturated rings. The SMILES string of the molecule is C[n+]1ccc(-c2c3nc(c(-c4cc[n+](C)cc4)c4ccc([nH]4)c(-c4cc[n+](C)cc4)c4nc(c(-c5ccc(C(=O)NCCCCNC(=O)c6ccc(-c7c8nc(c(-c9cc[n+](C)cc9)c9ccc([nH]9)c(-c9cc[n+](C)cc9)c9nc(c(-c%10cc[n+](C)cc%10)c%10ccc7[nH]%10)C=C9)C=C8)cc6)cc5)c5ccc2[nH]5)C=C4)C=C3)cc1.[I-].[I-].[I-].[I-].[I-].[I-]. The van der Waals surface area contributed by atoms with Crippen molar-refractivity contribution in [1.29, 1.82) is 0 Å². The van der Waals surface area contributed by atoms with E-state index in [1.807, 2.05) is 118 Å². The summed E-state index contributed by atoms with van der Waals surface area (Å²) in [7, 11) is 12.1. The van der Waals surface area contributed by atoms with E-state index in [1.54, 1.807) is 0 Å². The lowest BCUT2D eigenvalue weighted by Gasteiger charge is -2.09. The molecule has 2 amide bonds. The molecular weight excluding hydrogens is 2150 g/mol. The van der Waals surface area contributed by atoms with Crippen molar-refractivity contribution in [3.8, 4) is 89.0 Å². The Morgan fingerprint density at radius 3 is 0.551 bits per heavy atom. The van der Waals surface area contributed by atoms with E-state index >= 15 is 0 Å². The highest BCUT2D eigenvalue weighted by Gasteiger charge is 2.25. The summed E-state index contributed by atoms with van der Waals surface area (Å²) in [5.41, 5.74) is 29.9. The van der Waals surface area contributed by atoms with Crippen molar-refractivity contribution >= 4 is 105 Å². The number of rotatable bonds is 15. The highest BCUT2D eigenvalue weighted by molar-refractivity contribution is 6.04. The Labute approximate surface area is 785 Å². The number of aromatic nitrogens is 14. The molecule has 118 heavy (non-hydrogen) atoms. The van der Waals surface area contributed by atoms with Crippen LogP contribution in [0.15, 0.2) is 244 Å². The van der Waals surface area contributed by atoms with E-state index in [1.165, 1.54) is 0 Å². The highest BCUT2D eigenvalue weighted by atomic mass is 127. The van der Waals surface area contributed by atoms with Crippen LogP contribution in [0.25, 0.3) is 182 Å². The number of carbonyl (C=O) groups excluding carboxylic acids is 2. The Hall–Kier alpha value is -10.1. The summed E-state index contributed by atoms with van der Waals surface area (Å²) < 4.78 is 12.2. The second kappa shape index (κ2) is 37.9. The maximum atomic E-state index is 14.0. The average molecular weight is 2230 g/mol. The summed E-state index contributed by atoms with van der Waals surface area (Å²) in [5, 5.41) is 6.28. The third kappa shape index (κ3) is 17.9. The monoisotopic (exact) mass is 2230 g/mol. The molecule has 6 N–H and O–H groups in total. The Bertz CT molecular complexity index is 6150. The molecule has 18 nitrogen and oxygen atoms in total. The number of carbonyl (C=O) groups is 2. The molecule has 12 aromatic heterocycles. The molecule has 2 aromatic carbocycles. The van der Waals surface area contributed by atoms with E-state index < -0.39 is 0 Å². The molecule has 14 aromatic rings. The molecule has 0 aliphatic carbocycles. The van der Waals surface area contributed by atoms with Gasteiger partial charge in [0.1, 0.15) is 42.3 Å². The summed E-state index contributed by atoms with van der Waals surface area (Å²) in [5.74, 6) is -0.380. The fourth-order valence-corrected chi connectivity index (χ4v) is 15.3. The lowest BCUT2D eigenvalue weighted by atomic mass is 10.0. The number of hydrogen-bond acceptors (Lipinski definition) is 6. The van der Waals surface area contributed by atoms with Gasteiger partial charge in [-0.15, -0.1) is 0 Å². The maximum absolute atomic E-state index is 14.0. The molecule has 16 heterocycles. The van der Waals surface area contributed by atoms with Gasteiger partial charge in [-0.2, -0.15) is 0 Å². The first-order valence-electron chi connectivity index (χ1n) is 37.6. The Morgan fingerprint density at radius 1 is 0.237 bits per heavy atom. The number of H-pyrrole nitrogens is 4. The van der Waals surface area contributed by atoms with Gasteiger partial charge in [0.05, 0.1) is 45.6 Å². The predicted octanol–water partition coefficient (Wildman–Crippen LogP) is -3.13. The number of hydrogen-bond donors (Lipinski definition) is 6. The van der Waals surface area contributed by atoms with E-state index in [0.29, 0.717) is 37.1 Å². The van der Waals surface area contributed by atoms with Crippen molar-refractivity contribution in [1.82, 2.24) is 50.5 Å². The van der Waals surface area contributed by atoms with Gasteiger partial charge in [0.15, 0.2) is 74.4 Å². The first-order valence-corrected chi connectivity index (χ1v) is 37.6. The fourth-order valence-electron chi connectivity index (χ4n) is 15.3. The number of aromatic amines is 4. The van der Waals surface area contributed by atoms with Gasteiger partial charge in [0, 0.05) is 186 Å². The number of aryl methyl sites for hydroxylation is 6. The number of unbranched alkanes of at least 4 members (excludes halogenated alkanes) is 1. The van der Waals surface area contributed by atoms with Gasteiger partial charge in [-0.3, -0.25) is 9.59 Å². The smallest absolute Gasteiger partial charge is 0.251 e. The fraction of sp³-hybridized carbons (Fsp3) is 0.106. The van der Waals surface area contributed by atoms with Crippen molar-refractivity contribution in [3.05, 3.63) is 301 Å². The Balaban J connectivity index is 0.00000213. The minimum absolute atomic E-state index is 0. The molecule has 4 aliphatic rings. The Kier molecular flexibility index (Phi) is 28.0. The van der Waals surface area contributed by atoms with Crippen LogP contribution in [0.1, 0.15) is 79.1 Å². The first-order chi connectivity index (χ1) is 54.7. The van der Waals surface area contributed by atoms with E-state index in [4.69, 9.17) is 19.9 Å². The molecule has 0 saturated heterocycles. The van der Waals surface area contributed by atoms with Crippen LogP contribution in [-0.2, 0) is 42.3 Å². The van der Waals surface area contributed by atoms with Gasteiger partial charge in [0.2, 0.25) is 0 Å². The number of amides is 2. The van der Waals surface area contributed by atoms with Crippen LogP contribution in [0.5, 0.6) is 0 Å². The number of pyridine rings is 6. The highest BCUT2D eigenvalue weighted by Crippen LogP contribution is 2.42. The molecule has 590 valence electrons. The van der Waals surface area contributed by atoms with E-state index in [0.717, 1.165) is 179 Å². The normalized spacial score (nSPS) is 11.5. The second-order valence-corrected chi connectivity index (χ2v) is 28.9. The molecule has 0 spiro atoms. The van der Waals surface area contributed by atoms with Crippen molar-refractivity contribution in [2.24, 2.45) is 42.3 Å². The predicted molar refractivity (Wildman–Crippen MR) is 442 cm³/mol. The second-order valence-electron chi connectivity index (χ2n) is 28.9. The van der Waals surface area contributed by atoms with Gasteiger partial charge in [-0.25, -0.2) is 47.3 Å². The maximum Gasteiger partial charge on any atom is 0.251 e. The zero-order valence-corrected chi connectivity index (χ0v) is 78.0. The van der Waals surface area contributed by atoms with Crippen molar-refractivity contribution in [2.75, 3.05) is 13.1 Å². The lowest BCUT2D eigenvalue weighted by molar-refractivity contribution is -0.671. The number of nitrogens with one attached hydrogen (secondary N) is 6. The quantitative estimate of drug-likeness (QED) is 0.0357. The van der Waals surface area contributed by atoms with Crippen LogP contribution in [0.2, 0.25) is 0 Å². The van der Waals surface area contributed by atoms with E-state index in [9.17, 15) is 9.59 Å². The molecule has 0 radical (unpaired) electrons. The summed E-state index contributed by atoms with van der Waals surface area (Å²) in [6, 6.07) is 58.0. The van der Waals surface area contributed by atoms with Crippen LogP contribution in [0, 0.1) is 0 Å². The molecule has 0 atom stereocenters. The molecule has 4 aliphatic heterocycles. The van der Waals surface area contributed by atoms with Crippen LogP contribution >= 0.6 is 0 Å². The number of fused-ring (bicyclic) bond motifs is 16. The van der Waals surface area contributed by atoms with Gasteiger partial charge < -0.3 is 174 Å². The first kappa shape index (κ1) is 87.2. The minimum Gasteiger partial charge on any atom is -1.00 e. The van der Waals surface area contributed by atoms with Crippen LogP contribution < -0.4 is 182 Å². The molecule has 0 unspecified atom stereocenters. The van der Waals surface area contributed by atoms with Crippen molar-refractivity contribution < 1.29 is 181 Å². The number of benzene rings is 2. The molecule has 0 saturated carbocycles. The van der Waals surface area contributed by atoms with Crippen LogP contribution in [0.4, 0.5) is 0 Å². The largest absolute Gasteiger partial charge is 1.00 e. The third-order valence-corrected chi connectivity index (χ3v) is 21.2. The minimum atomic E-state index is -0.190. The van der Waals surface area contributed by atoms with Gasteiger partial charge in [0.25, 0.3) is 11.8 Å². The zero-order valence-electron chi connectivity index (χ0n) is 65.1. The molecular formula is C94H80I6N16O2. The van der Waals surface area contributed by atoms with Gasteiger partial charge >= 0.3 is 0 Å². The summed E-state index contributed by atoms with van der Waals surface area (Å²) in [6.07, 6.45) is 42.8. The standard InChI is InChI=1S/C94H76N16O2.6HI/c1-105-47-33-61(34-48-105)87-73-21-17-69(97-73)85(70-18-22-74(98-70)88(62-35-49-106(2)50-36-62)78-26-30-82(102-78)91(81-29-25-77(87)101-81)65-41-55-109(5)56-42-65)59-9-13-67(14-10-59)93(111)95-45-7-8-46-96-94(112)68-15-11-60(12-16-68)86-71-19-23-75(99-71)89(63-37-51-107(3)52-38-63)79-27-31-83(103-79)92(66-43-57-110(6)58-44-66)84-32-28-80(104-84)90(76-24-20-72(86)100-76)64-39-53-108(4)54-40-64;;;;;;/h9-44,47-58H,7-8,45-46H2,1-6H3,(H2-2,95,96,97,98,99,100,101,102,103,104,111,112);6*1H/q+2;;;;;;/p-2. The van der Waals surface area contributed by atoms with Crippen molar-refractivity contribution in [2.45, 2.75) is 12.8 Å². The van der Waals surface area contributed by atoms with E-state index in [2.05, 4.69) is 275 Å². The third-order valence-electron chi connectivity index (χ3n) is 21.2. The molecule has 16 bridgehead atoms. The summed E-state index contributed by atoms with van der Waals surface area (Å²) >= 11 is 0. The van der Waals surface area contributed by atoms with Crippen LogP contribution in [-0.4, -0.2) is 64.8 Å². The van der Waals surface area contributed by atoms with Crippen molar-refractivity contribution in [3.63, 3.8) is 0 Å². The number of halogens is 6. The van der Waals surface area contributed by atoms with Gasteiger partial charge in [-0.05, 0) is 179 Å². The Morgan fingerprint density at radius 2 is 0.390 bits per heavy atom. The van der Waals surface area contributed by atoms with E-state index in [-0.39, 0.29) is 156 Å². The van der Waals surface area contributed by atoms with Crippen LogP contribution in [0.3, 0.4) is 0 Å². The zero-order chi connectivity index (χ0) is 76.1. The average Bonchev–Trinajstić information content (AvgIpc) is 1.62. The summed E-state index contributed by atoms with van der Waals surface area (Å²) in [4.78, 5) is 65.3. The number of nitrogens with zero attached hydrogens (tertiary/aromatic N) is 10. The van der Waals surface area contributed by atoms with Gasteiger partial charge in [-0.1, -0.05) is 24.3 Å². The molecule has 18 rings (SSSR count). The molecule has 24 heteroatoms. The lowest BCUT2D eigenvalue weighted by Crippen LogP contribution is -3.00.